The number of rotatable bonds is 4. The zero-order chi connectivity index (χ0) is 13.8. The third-order valence-electron chi connectivity index (χ3n) is 2.52. The van der Waals surface area contributed by atoms with E-state index in [4.69, 9.17) is 9.31 Å². The molecule has 97 valence electrons. The van der Waals surface area contributed by atoms with Crippen LogP contribution in [-0.4, -0.2) is 7.69 Å². The van der Waals surface area contributed by atoms with Gasteiger partial charge in [0.05, 0.1) is 0 Å². The first-order valence-corrected chi connectivity index (χ1v) is 5.73. The Kier molecular flexibility index (Phi) is 4.05. The molecule has 0 amide bonds. The molecular formula is C14H12BF2O2. The van der Waals surface area contributed by atoms with Gasteiger partial charge in [-0.2, -0.15) is 0 Å². The van der Waals surface area contributed by atoms with E-state index in [0.29, 0.717) is 0 Å². The summed E-state index contributed by atoms with van der Waals surface area (Å²) in [5.74, 6) is -0.940. The molecule has 0 atom stereocenters. The predicted octanol–water partition coefficient (Wildman–Crippen LogP) is 3.57. The fourth-order valence-corrected chi connectivity index (χ4v) is 1.53. The van der Waals surface area contributed by atoms with Crippen molar-refractivity contribution in [2.45, 2.75) is 13.8 Å². The quantitative estimate of drug-likeness (QED) is 0.783. The van der Waals surface area contributed by atoms with E-state index in [0.717, 1.165) is 18.8 Å². The van der Waals surface area contributed by atoms with Gasteiger partial charge in [-0.05, 0) is 49.2 Å². The smallest absolute Gasteiger partial charge is 0.524 e. The van der Waals surface area contributed by atoms with Crippen LogP contribution in [0.4, 0.5) is 8.78 Å². The Bertz CT molecular complexity index is 536. The molecule has 2 rings (SSSR count). The minimum atomic E-state index is -0.496. The molecule has 2 aromatic carbocycles. The fourth-order valence-electron chi connectivity index (χ4n) is 1.53. The molecule has 0 saturated heterocycles. The Morgan fingerprint density at radius 3 is 1.58 bits per heavy atom. The van der Waals surface area contributed by atoms with Gasteiger partial charge in [-0.1, -0.05) is 12.1 Å². The Morgan fingerprint density at radius 2 is 1.21 bits per heavy atom. The van der Waals surface area contributed by atoms with Crippen molar-refractivity contribution in [3.63, 3.8) is 0 Å². The number of halogens is 2. The number of hydrogen-bond donors (Lipinski definition) is 0. The molecular weight excluding hydrogens is 249 g/mol. The van der Waals surface area contributed by atoms with E-state index in [-0.39, 0.29) is 11.5 Å². The first-order chi connectivity index (χ1) is 9.06. The lowest BCUT2D eigenvalue weighted by molar-refractivity contribution is 0.421. The highest BCUT2D eigenvalue weighted by Crippen LogP contribution is 2.20. The molecule has 0 heterocycles. The molecule has 0 saturated carbocycles. The first kappa shape index (κ1) is 13.4. The van der Waals surface area contributed by atoms with Gasteiger partial charge >= 0.3 is 7.69 Å². The Hall–Kier alpha value is -2.04. The average molecular weight is 261 g/mol. The lowest BCUT2D eigenvalue weighted by Gasteiger charge is -2.08. The van der Waals surface area contributed by atoms with E-state index in [1.807, 2.05) is 0 Å². The largest absolute Gasteiger partial charge is 0.658 e. The highest BCUT2D eigenvalue weighted by Gasteiger charge is 2.09. The van der Waals surface area contributed by atoms with Crippen LogP contribution in [0, 0.1) is 25.5 Å². The van der Waals surface area contributed by atoms with Crippen LogP contribution in [0.25, 0.3) is 0 Å². The van der Waals surface area contributed by atoms with Gasteiger partial charge in [-0.25, -0.2) is 8.78 Å². The van der Waals surface area contributed by atoms with Gasteiger partial charge in [0, 0.05) is 0 Å². The maximum Gasteiger partial charge on any atom is 0.658 e. The van der Waals surface area contributed by atoms with Gasteiger partial charge in [0.2, 0.25) is 0 Å². The zero-order valence-corrected chi connectivity index (χ0v) is 10.6. The highest BCUT2D eigenvalue weighted by molar-refractivity contribution is 6.20. The maximum atomic E-state index is 13.4. The summed E-state index contributed by atoms with van der Waals surface area (Å²) in [5.41, 5.74) is 1.57. The molecule has 0 bridgehead atoms. The summed E-state index contributed by atoms with van der Waals surface area (Å²) in [7, 11) is 0.904. The van der Waals surface area contributed by atoms with Crippen molar-refractivity contribution in [2.24, 2.45) is 0 Å². The van der Waals surface area contributed by atoms with Gasteiger partial charge in [0.25, 0.3) is 0 Å². The average Bonchev–Trinajstić information content (AvgIpc) is 2.34. The van der Waals surface area contributed by atoms with Crippen LogP contribution in [0.3, 0.4) is 0 Å². The molecule has 0 aliphatic heterocycles. The number of aryl methyl sites for hydroxylation is 2. The van der Waals surface area contributed by atoms with E-state index in [2.05, 4.69) is 0 Å². The lowest BCUT2D eigenvalue weighted by Crippen LogP contribution is -2.12. The summed E-state index contributed by atoms with van der Waals surface area (Å²) >= 11 is 0. The van der Waals surface area contributed by atoms with E-state index in [9.17, 15) is 8.78 Å². The molecule has 0 unspecified atom stereocenters. The Balaban J connectivity index is 1.96. The molecule has 1 radical (unpaired) electrons. The normalized spacial score (nSPS) is 10.1. The van der Waals surface area contributed by atoms with Crippen molar-refractivity contribution in [3.8, 4) is 11.5 Å². The topological polar surface area (TPSA) is 18.5 Å². The summed E-state index contributed by atoms with van der Waals surface area (Å²) in [6, 6.07) is 9.06. The van der Waals surface area contributed by atoms with E-state index < -0.39 is 11.6 Å². The standard InChI is InChI=1S/C14H12BF2O2/c1-9-3-5-13(11(16)7-9)18-15-19-14-6-4-10(2)8-12(14)17/h3-8H,1-2H3. The van der Waals surface area contributed by atoms with Crippen LogP contribution in [0.5, 0.6) is 11.5 Å². The molecule has 0 spiro atoms. The summed E-state index contributed by atoms with van der Waals surface area (Å²) in [6.45, 7) is 3.55. The van der Waals surface area contributed by atoms with Crippen LogP contribution >= 0.6 is 0 Å². The Labute approximate surface area is 111 Å². The van der Waals surface area contributed by atoms with E-state index in [1.54, 1.807) is 26.0 Å². The van der Waals surface area contributed by atoms with E-state index >= 15 is 0 Å². The van der Waals surface area contributed by atoms with Crippen molar-refractivity contribution in [1.82, 2.24) is 0 Å². The fraction of sp³-hybridized carbons (Fsp3) is 0.143. The second kappa shape index (κ2) is 5.74. The van der Waals surface area contributed by atoms with Gasteiger partial charge in [-0.15, -0.1) is 0 Å². The van der Waals surface area contributed by atoms with Crippen LogP contribution < -0.4 is 9.31 Å². The highest BCUT2D eigenvalue weighted by atomic mass is 19.1. The SMILES string of the molecule is Cc1ccc(O[B]Oc2ccc(C)cc2F)c(F)c1. The summed E-state index contributed by atoms with van der Waals surface area (Å²) in [4.78, 5) is 0. The molecule has 5 heteroatoms. The molecule has 2 nitrogen and oxygen atoms in total. The number of benzene rings is 2. The minimum absolute atomic E-state index is 0.0260. The predicted molar refractivity (Wildman–Crippen MR) is 69.3 cm³/mol. The van der Waals surface area contributed by atoms with Crippen molar-refractivity contribution < 1.29 is 18.1 Å². The number of hydrogen-bond acceptors (Lipinski definition) is 2. The molecule has 0 aromatic heterocycles. The third-order valence-corrected chi connectivity index (χ3v) is 2.52. The van der Waals surface area contributed by atoms with Gasteiger partial charge in [-0.3, -0.25) is 0 Å². The second-order valence-electron chi connectivity index (χ2n) is 4.20. The molecule has 2 aromatic rings. The van der Waals surface area contributed by atoms with Crippen LogP contribution in [-0.2, 0) is 0 Å². The van der Waals surface area contributed by atoms with Crippen molar-refractivity contribution >= 4 is 7.69 Å². The third kappa shape index (κ3) is 3.47. The van der Waals surface area contributed by atoms with E-state index in [1.165, 1.54) is 24.3 Å². The monoisotopic (exact) mass is 261 g/mol. The molecule has 0 aliphatic carbocycles. The minimum Gasteiger partial charge on any atom is -0.524 e. The van der Waals surface area contributed by atoms with Crippen LogP contribution in [0.1, 0.15) is 11.1 Å². The van der Waals surface area contributed by atoms with Gasteiger partial charge < -0.3 is 9.31 Å². The van der Waals surface area contributed by atoms with Gasteiger partial charge in [0.1, 0.15) is 11.5 Å². The van der Waals surface area contributed by atoms with Crippen LogP contribution in [0.2, 0.25) is 0 Å². The Morgan fingerprint density at radius 1 is 0.789 bits per heavy atom. The first-order valence-electron chi connectivity index (χ1n) is 5.73. The summed E-state index contributed by atoms with van der Waals surface area (Å²) in [5, 5.41) is 0. The maximum absolute atomic E-state index is 13.4. The van der Waals surface area contributed by atoms with Crippen molar-refractivity contribution in [2.75, 3.05) is 0 Å². The summed E-state index contributed by atoms with van der Waals surface area (Å²) < 4.78 is 36.9. The molecule has 19 heavy (non-hydrogen) atoms. The summed E-state index contributed by atoms with van der Waals surface area (Å²) in [6.07, 6.45) is 0. The molecule has 0 N–H and O–H groups in total. The van der Waals surface area contributed by atoms with Crippen molar-refractivity contribution in [1.29, 1.82) is 0 Å². The molecule has 0 fully saturated rings. The van der Waals surface area contributed by atoms with Crippen LogP contribution in [0.15, 0.2) is 36.4 Å². The van der Waals surface area contributed by atoms with Gasteiger partial charge in [0.15, 0.2) is 11.6 Å². The van der Waals surface area contributed by atoms with Crippen molar-refractivity contribution in [3.05, 3.63) is 59.2 Å². The lowest BCUT2D eigenvalue weighted by atomic mass is 10.2. The second-order valence-corrected chi connectivity index (χ2v) is 4.20. The zero-order valence-electron chi connectivity index (χ0n) is 10.6. The molecule has 0 aliphatic rings.